The lowest BCUT2D eigenvalue weighted by Crippen LogP contribution is -2.04. The molecule has 0 atom stereocenters. The lowest BCUT2D eigenvalue weighted by atomic mass is 10.1. The summed E-state index contributed by atoms with van der Waals surface area (Å²) in [6, 6.07) is 14.4. The third-order valence-electron chi connectivity index (χ3n) is 3.12. The predicted molar refractivity (Wildman–Crippen MR) is 80.8 cm³/mol. The summed E-state index contributed by atoms with van der Waals surface area (Å²) < 4.78 is 4.67. The van der Waals surface area contributed by atoms with E-state index in [4.69, 9.17) is 0 Å². The highest BCUT2D eigenvalue weighted by atomic mass is 32.1. The number of methoxy groups -OCH3 is 1. The second-order valence-corrected chi connectivity index (χ2v) is 5.28. The van der Waals surface area contributed by atoms with Crippen molar-refractivity contribution in [2.24, 2.45) is 0 Å². The molecule has 20 heavy (non-hydrogen) atoms. The molecule has 0 aliphatic heterocycles. The molecule has 3 rings (SSSR count). The van der Waals surface area contributed by atoms with Gasteiger partial charge in [-0.15, -0.1) is 11.3 Å². The summed E-state index contributed by atoms with van der Waals surface area (Å²) in [6.07, 6.45) is 0.220. The molecule has 1 heterocycles. The normalized spacial score (nSPS) is 10.7. The number of carbonyl (C=O) groups is 1. The van der Waals surface area contributed by atoms with Crippen molar-refractivity contribution in [1.29, 1.82) is 0 Å². The number of hydrogen-bond acceptors (Lipinski definition) is 4. The molecular formula is C16H13NO2S. The summed E-state index contributed by atoms with van der Waals surface area (Å²) in [5, 5.41) is 5.21. The van der Waals surface area contributed by atoms with Gasteiger partial charge in [-0.3, -0.25) is 4.79 Å². The van der Waals surface area contributed by atoms with Crippen LogP contribution >= 0.6 is 11.3 Å². The van der Waals surface area contributed by atoms with Gasteiger partial charge < -0.3 is 4.74 Å². The molecule has 0 saturated carbocycles. The number of fused-ring (bicyclic) bond motifs is 1. The lowest BCUT2D eigenvalue weighted by Gasteiger charge is -2.03. The lowest BCUT2D eigenvalue weighted by molar-refractivity contribution is -0.139. The highest BCUT2D eigenvalue weighted by molar-refractivity contribution is 7.13. The van der Waals surface area contributed by atoms with Gasteiger partial charge in [-0.1, -0.05) is 42.5 Å². The van der Waals surface area contributed by atoms with Crippen LogP contribution in [0.4, 0.5) is 0 Å². The summed E-state index contributed by atoms with van der Waals surface area (Å²) in [7, 11) is 1.39. The van der Waals surface area contributed by atoms with Gasteiger partial charge in [-0.05, 0) is 10.8 Å². The smallest absolute Gasteiger partial charge is 0.311 e. The summed E-state index contributed by atoms with van der Waals surface area (Å²) in [6.45, 7) is 0. The maximum Gasteiger partial charge on any atom is 0.311 e. The van der Waals surface area contributed by atoms with Crippen LogP contribution in [0.15, 0.2) is 47.8 Å². The van der Waals surface area contributed by atoms with Gasteiger partial charge in [0.2, 0.25) is 0 Å². The molecule has 0 unspecified atom stereocenters. The van der Waals surface area contributed by atoms with Gasteiger partial charge in [0.25, 0.3) is 0 Å². The highest BCUT2D eigenvalue weighted by Gasteiger charge is 2.10. The van der Waals surface area contributed by atoms with Crippen LogP contribution in [0.3, 0.4) is 0 Å². The number of esters is 1. The zero-order valence-electron chi connectivity index (χ0n) is 11.0. The van der Waals surface area contributed by atoms with Crippen LogP contribution in [-0.2, 0) is 16.0 Å². The number of nitrogens with zero attached hydrogens (tertiary/aromatic N) is 1. The van der Waals surface area contributed by atoms with Crippen molar-refractivity contribution in [1.82, 2.24) is 4.98 Å². The average Bonchev–Trinajstić information content (AvgIpc) is 2.94. The van der Waals surface area contributed by atoms with Crippen molar-refractivity contribution < 1.29 is 9.53 Å². The summed E-state index contributed by atoms with van der Waals surface area (Å²) >= 11 is 1.55. The summed E-state index contributed by atoms with van der Waals surface area (Å²) in [5.74, 6) is -0.264. The van der Waals surface area contributed by atoms with Gasteiger partial charge in [-0.25, -0.2) is 4.98 Å². The summed E-state index contributed by atoms with van der Waals surface area (Å²) in [5.41, 5.74) is 1.86. The number of carbonyl (C=O) groups excluding carboxylic acids is 1. The van der Waals surface area contributed by atoms with E-state index in [1.165, 1.54) is 17.9 Å². The molecule has 3 nitrogen and oxygen atoms in total. The molecule has 100 valence electrons. The standard InChI is InChI=1S/C16H13NO2S/c1-19-15(18)9-12-10-20-16(17-12)14-8-4-6-11-5-2-3-7-13(11)14/h2-8,10H,9H2,1H3. The molecule has 0 amide bonds. The van der Waals surface area contributed by atoms with Crippen LogP contribution in [0.2, 0.25) is 0 Å². The van der Waals surface area contributed by atoms with Crippen molar-refractivity contribution in [3.8, 4) is 10.6 Å². The number of aromatic nitrogens is 1. The van der Waals surface area contributed by atoms with E-state index in [9.17, 15) is 4.79 Å². The van der Waals surface area contributed by atoms with E-state index in [-0.39, 0.29) is 12.4 Å². The predicted octanol–water partition coefficient (Wildman–Crippen LogP) is 3.68. The Labute approximate surface area is 120 Å². The van der Waals surface area contributed by atoms with Gasteiger partial charge in [0.05, 0.1) is 19.2 Å². The van der Waals surface area contributed by atoms with Crippen LogP contribution in [-0.4, -0.2) is 18.1 Å². The van der Waals surface area contributed by atoms with E-state index >= 15 is 0 Å². The molecule has 0 bridgehead atoms. The number of hydrogen-bond donors (Lipinski definition) is 0. The van der Waals surface area contributed by atoms with Crippen LogP contribution < -0.4 is 0 Å². The Bertz CT molecular complexity index is 759. The zero-order valence-corrected chi connectivity index (χ0v) is 11.8. The zero-order chi connectivity index (χ0) is 13.9. The number of rotatable bonds is 3. The molecule has 0 radical (unpaired) electrons. The molecule has 3 aromatic rings. The van der Waals surface area contributed by atoms with E-state index in [1.807, 2.05) is 23.6 Å². The number of ether oxygens (including phenoxy) is 1. The van der Waals surface area contributed by atoms with Crippen LogP contribution in [0.25, 0.3) is 21.3 Å². The molecule has 4 heteroatoms. The molecule has 0 spiro atoms. The van der Waals surface area contributed by atoms with E-state index in [0.717, 1.165) is 16.3 Å². The molecule has 0 fully saturated rings. The van der Waals surface area contributed by atoms with Gasteiger partial charge in [-0.2, -0.15) is 0 Å². The Kier molecular flexibility index (Phi) is 3.48. The first kappa shape index (κ1) is 12.8. The maximum absolute atomic E-state index is 11.3. The Morgan fingerprint density at radius 1 is 1.20 bits per heavy atom. The third-order valence-corrected chi connectivity index (χ3v) is 4.05. The molecule has 2 aromatic carbocycles. The van der Waals surface area contributed by atoms with E-state index in [2.05, 4.69) is 34.0 Å². The van der Waals surface area contributed by atoms with Crippen LogP contribution in [0.1, 0.15) is 5.69 Å². The fourth-order valence-corrected chi connectivity index (χ4v) is 3.00. The molecule has 1 aromatic heterocycles. The Morgan fingerprint density at radius 3 is 2.85 bits per heavy atom. The van der Waals surface area contributed by atoms with Crippen LogP contribution in [0, 0.1) is 0 Å². The van der Waals surface area contributed by atoms with Crippen molar-refractivity contribution in [3.63, 3.8) is 0 Å². The minimum absolute atomic E-state index is 0.220. The minimum Gasteiger partial charge on any atom is -0.469 e. The molecule has 0 N–H and O–H groups in total. The first-order chi connectivity index (χ1) is 9.78. The Morgan fingerprint density at radius 2 is 2.00 bits per heavy atom. The minimum atomic E-state index is -0.264. The number of benzene rings is 2. The van der Waals surface area contributed by atoms with Crippen molar-refractivity contribution in [2.75, 3.05) is 7.11 Å². The van der Waals surface area contributed by atoms with Gasteiger partial charge in [0.15, 0.2) is 0 Å². The van der Waals surface area contributed by atoms with Crippen LogP contribution in [0.5, 0.6) is 0 Å². The quantitative estimate of drug-likeness (QED) is 0.688. The third kappa shape index (κ3) is 2.42. The van der Waals surface area contributed by atoms with Crippen molar-refractivity contribution >= 4 is 28.1 Å². The molecule has 0 aliphatic carbocycles. The fraction of sp³-hybridized carbons (Fsp3) is 0.125. The Hall–Kier alpha value is -2.20. The van der Waals surface area contributed by atoms with Gasteiger partial charge in [0.1, 0.15) is 5.01 Å². The van der Waals surface area contributed by atoms with Gasteiger partial charge >= 0.3 is 5.97 Å². The van der Waals surface area contributed by atoms with Gasteiger partial charge in [0, 0.05) is 10.9 Å². The highest BCUT2D eigenvalue weighted by Crippen LogP contribution is 2.30. The topological polar surface area (TPSA) is 39.2 Å². The van der Waals surface area contributed by atoms with E-state index in [0.29, 0.717) is 0 Å². The van der Waals surface area contributed by atoms with Crippen molar-refractivity contribution in [2.45, 2.75) is 6.42 Å². The average molecular weight is 283 g/mol. The maximum atomic E-state index is 11.3. The largest absolute Gasteiger partial charge is 0.469 e. The Balaban J connectivity index is 2.01. The molecule has 0 aliphatic rings. The first-order valence-electron chi connectivity index (χ1n) is 6.27. The van der Waals surface area contributed by atoms with E-state index in [1.54, 1.807) is 11.3 Å². The van der Waals surface area contributed by atoms with Crippen molar-refractivity contribution in [3.05, 3.63) is 53.5 Å². The first-order valence-corrected chi connectivity index (χ1v) is 7.15. The fourth-order valence-electron chi connectivity index (χ4n) is 2.14. The summed E-state index contributed by atoms with van der Waals surface area (Å²) in [4.78, 5) is 15.8. The monoisotopic (exact) mass is 283 g/mol. The second kappa shape index (κ2) is 5.43. The molecule has 0 saturated heterocycles. The second-order valence-electron chi connectivity index (χ2n) is 4.42. The van der Waals surface area contributed by atoms with E-state index < -0.39 is 0 Å². The number of thiazole rings is 1. The molecular weight excluding hydrogens is 270 g/mol. The SMILES string of the molecule is COC(=O)Cc1csc(-c2cccc3ccccc23)n1.